The number of hydrogen-bond donors (Lipinski definition) is 1. The van der Waals surface area contributed by atoms with E-state index in [2.05, 4.69) is 5.32 Å². The molecule has 0 unspecified atom stereocenters. The van der Waals surface area contributed by atoms with Crippen LogP contribution in [0, 0.1) is 0 Å². The topological polar surface area (TPSA) is 79.0 Å². The van der Waals surface area contributed by atoms with Crippen LogP contribution in [0.15, 0.2) is 18.2 Å². The molecule has 0 aliphatic carbocycles. The van der Waals surface area contributed by atoms with E-state index in [9.17, 15) is 14.4 Å². The standard InChI is InChI=1S/C17H21N3O4/c1-12(21)19-6-2-7-20(9-8-19)17(23)13-3-4-15-14(11-13)18-16(22)5-10-24-15/h3-4,11H,2,5-10H2,1H3,(H,18,22). The highest BCUT2D eigenvalue weighted by molar-refractivity contribution is 5.98. The first-order chi connectivity index (χ1) is 11.5. The lowest BCUT2D eigenvalue weighted by Gasteiger charge is -2.22. The Balaban J connectivity index is 1.75. The third-order valence-electron chi connectivity index (χ3n) is 4.32. The van der Waals surface area contributed by atoms with Gasteiger partial charge in [0.15, 0.2) is 0 Å². The molecule has 0 aromatic heterocycles. The van der Waals surface area contributed by atoms with Gasteiger partial charge in [-0.1, -0.05) is 0 Å². The van der Waals surface area contributed by atoms with E-state index in [1.54, 1.807) is 34.9 Å². The van der Waals surface area contributed by atoms with Crippen LogP contribution in [-0.2, 0) is 9.59 Å². The highest BCUT2D eigenvalue weighted by Crippen LogP contribution is 2.28. The molecule has 1 aromatic carbocycles. The molecule has 1 fully saturated rings. The minimum absolute atomic E-state index is 0.0363. The molecule has 7 heteroatoms. The molecule has 0 atom stereocenters. The predicted molar refractivity (Wildman–Crippen MR) is 88.0 cm³/mol. The summed E-state index contributed by atoms with van der Waals surface area (Å²) in [4.78, 5) is 39.4. The van der Waals surface area contributed by atoms with Gasteiger partial charge in [0.05, 0.1) is 18.7 Å². The zero-order valence-electron chi connectivity index (χ0n) is 13.7. The zero-order chi connectivity index (χ0) is 17.1. The average molecular weight is 331 g/mol. The molecule has 1 saturated heterocycles. The first-order valence-electron chi connectivity index (χ1n) is 8.16. The minimum Gasteiger partial charge on any atom is -0.491 e. The highest BCUT2D eigenvalue weighted by Gasteiger charge is 2.23. The van der Waals surface area contributed by atoms with Crippen molar-refractivity contribution in [1.29, 1.82) is 0 Å². The molecule has 1 N–H and O–H groups in total. The summed E-state index contributed by atoms with van der Waals surface area (Å²) in [5.41, 5.74) is 1.04. The summed E-state index contributed by atoms with van der Waals surface area (Å²) >= 11 is 0. The second-order valence-electron chi connectivity index (χ2n) is 6.01. The molecule has 7 nitrogen and oxygen atoms in total. The Kier molecular flexibility index (Phi) is 4.69. The Morgan fingerprint density at radius 2 is 1.88 bits per heavy atom. The minimum atomic E-state index is -0.120. The summed E-state index contributed by atoms with van der Waals surface area (Å²) in [7, 11) is 0. The van der Waals surface area contributed by atoms with E-state index in [1.165, 1.54) is 0 Å². The van der Waals surface area contributed by atoms with Crippen molar-refractivity contribution in [2.24, 2.45) is 0 Å². The predicted octanol–water partition coefficient (Wildman–Crippen LogP) is 1.10. The fourth-order valence-electron chi connectivity index (χ4n) is 2.97. The van der Waals surface area contributed by atoms with Gasteiger partial charge < -0.3 is 19.9 Å². The lowest BCUT2D eigenvalue weighted by molar-refractivity contribution is -0.128. The van der Waals surface area contributed by atoms with E-state index in [0.717, 1.165) is 6.42 Å². The Labute approximate surface area is 140 Å². The van der Waals surface area contributed by atoms with E-state index in [-0.39, 0.29) is 17.7 Å². The van der Waals surface area contributed by atoms with Gasteiger partial charge in [-0.05, 0) is 24.6 Å². The second-order valence-corrected chi connectivity index (χ2v) is 6.01. The molecule has 2 aliphatic heterocycles. The Hall–Kier alpha value is -2.57. The molecule has 128 valence electrons. The molecule has 2 heterocycles. The first kappa shape index (κ1) is 16.3. The van der Waals surface area contributed by atoms with Crippen LogP contribution in [-0.4, -0.2) is 60.3 Å². The number of benzene rings is 1. The van der Waals surface area contributed by atoms with Gasteiger partial charge in [-0.2, -0.15) is 0 Å². The maximum Gasteiger partial charge on any atom is 0.253 e. The molecule has 3 rings (SSSR count). The molecule has 2 aliphatic rings. The fraction of sp³-hybridized carbons (Fsp3) is 0.471. The smallest absolute Gasteiger partial charge is 0.253 e. The summed E-state index contributed by atoms with van der Waals surface area (Å²) < 4.78 is 5.51. The second kappa shape index (κ2) is 6.90. The quantitative estimate of drug-likeness (QED) is 0.836. The molecular formula is C17H21N3O4. The van der Waals surface area contributed by atoms with Crippen molar-refractivity contribution in [3.63, 3.8) is 0 Å². The number of carbonyl (C=O) groups excluding carboxylic acids is 3. The van der Waals surface area contributed by atoms with E-state index < -0.39 is 0 Å². The van der Waals surface area contributed by atoms with E-state index >= 15 is 0 Å². The Bertz CT molecular complexity index is 674. The molecular weight excluding hydrogens is 310 g/mol. The number of anilines is 1. The van der Waals surface area contributed by atoms with Gasteiger partial charge in [-0.15, -0.1) is 0 Å². The van der Waals surface area contributed by atoms with Gasteiger partial charge in [0, 0.05) is 38.7 Å². The van der Waals surface area contributed by atoms with E-state index in [4.69, 9.17) is 4.74 Å². The third kappa shape index (κ3) is 3.50. The Morgan fingerprint density at radius 3 is 2.67 bits per heavy atom. The third-order valence-corrected chi connectivity index (χ3v) is 4.32. The largest absolute Gasteiger partial charge is 0.491 e. The van der Waals surface area contributed by atoms with Gasteiger partial charge in [-0.3, -0.25) is 14.4 Å². The van der Waals surface area contributed by atoms with Gasteiger partial charge in [0.2, 0.25) is 11.8 Å². The number of amides is 3. The molecule has 3 amide bonds. The molecule has 0 saturated carbocycles. The number of rotatable bonds is 1. The number of fused-ring (bicyclic) bond motifs is 1. The van der Waals surface area contributed by atoms with Crippen LogP contribution in [0.5, 0.6) is 5.75 Å². The van der Waals surface area contributed by atoms with Crippen molar-refractivity contribution < 1.29 is 19.1 Å². The van der Waals surface area contributed by atoms with Crippen molar-refractivity contribution in [1.82, 2.24) is 9.80 Å². The van der Waals surface area contributed by atoms with Crippen LogP contribution in [0.4, 0.5) is 5.69 Å². The van der Waals surface area contributed by atoms with Crippen molar-refractivity contribution in [3.05, 3.63) is 23.8 Å². The number of nitrogens with one attached hydrogen (secondary N) is 1. The summed E-state index contributed by atoms with van der Waals surface area (Å²) in [5.74, 6) is 0.400. The van der Waals surface area contributed by atoms with Crippen molar-refractivity contribution in [2.75, 3.05) is 38.1 Å². The normalized spacial score (nSPS) is 18.0. The van der Waals surface area contributed by atoms with Crippen LogP contribution in [0.3, 0.4) is 0 Å². The lowest BCUT2D eigenvalue weighted by Crippen LogP contribution is -2.36. The monoisotopic (exact) mass is 331 g/mol. The van der Waals surface area contributed by atoms with Crippen molar-refractivity contribution in [2.45, 2.75) is 19.8 Å². The maximum atomic E-state index is 12.8. The highest BCUT2D eigenvalue weighted by atomic mass is 16.5. The number of nitrogens with zero attached hydrogens (tertiary/aromatic N) is 2. The Morgan fingerprint density at radius 1 is 1.12 bits per heavy atom. The van der Waals surface area contributed by atoms with Gasteiger partial charge >= 0.3 is 0 Å². The van der Waals surface area contributed by atoms with Crippen molar-refractivity contribution in [3.8, 4) is 5.75 Å². The number of hydrogen-bond acceptors (Lipinski definition) is 4. The SMILES string of the molecule is CC(=O)N1CCCN(C(=O)c2ccc3c(c2)NC(=O)CCO3)CC1. The molecule has 1 aromatic rings. The van der Waals surface area contributed by atoms with Gasteiger partial charge in [-0.25, -0.2) is 0 Å². The summed E-state index contributed by atoms with van der Waals surface area (Å²) in [6.45, 7) is 4.23. The summed E-state index contributed by atoms with van der Waals surface area (Å²) in [5, 5.41) is 2.77. The van der Waals surface area contributed by atoms with E-state index in [1.807, 2.05) is 0 Å². The van der Waals surface area contributed by atoms with Crippen LogP contribution in [0.25, 0.3) is 0 Å². The van der Waals surface area contributed by atoms with Gasteiger partial charge in [0.1, 0.15) is 5.75 Å². The molecule has 0 radical (unpaired) electrons. The average Bonchev–Trinajstić information content (AvgIpc) is 2.90. The van der Waals surface area contributed by atoms with E-state index in [0.29, 0.717) is 56.2 Å². The first-order valence-corrected chi connectivity index (χ1v) is 8.16. The summed E-state index contributed by atoms with van der Waals surface area (Å²) in [6, 6.07) is 5.09. The van der Waals surface area contributed by atoms with Crippen LogP contribution in [0.2, 0.25) is 0 Å². The van der Waals surface area contributed by atoms with Crippen LogP contribution >= 0.6 is 0 Å². The molecule has 24 heavy (non-hydrogen) atoms. The zero-order valence-corrected chi connectivity index (χ0v) is 13.7. The lowest BCUT2D eigenvalue weighted by atomic mass is 10.1. The van der Waals surface area contributed by atoms with Crippen LogP contribution in [0.1, 0.15) is 30.1 Å². The number of carbonyl (C=O) groups is 3. The van der Waals surface area contributed by atoms with Crippen LogP contribution < -0.4 is 10.1 Å². The summed E-state index contributed by atoms with van der Waals surface area (Å²) in [6.07, 6.45) is 1.06. The maximum absolute atomic E-state index is 12.8. The molecule has 0 bridgehead atoms. The fourth-order valence-corrected chi connectivity index (χ4v) is 2.97. The molecule has 0 spiro atoms. The van der Waals surface area contributed by atoms with Crippen molar-refractivity contribution >= 4 is 23.4 Å². The van der Waals surface area contributed by atoms with Gasteiger partial charge in [0.25, 0.3) is 5.91 Å². The number of ether oxygens (including phenoxy) is 1.